The van der Waals surface area contributed by atoms with Gasteiger partial charge in [-0.25, -0.2) is 4.79 Å². The molecule has 1 aliphatic rings. The van der Waals surface area contributed by atoms with E-state index in [2.05, 4.69) is 5.32 Å². The molecule has 2 rings (SSSR count). The number of nitrogens with one attached hydrogen (secondary N) is 1. The minimum atomic E-state index is -0.801. The number of hydrogen-bond acceptors (Lipinski definition) is 5. The fraction of sp³-hybridized carbons (Fsp3) is 0.500. The van der Waals surface area contributed by atoms with Gasteiger partial charge in [-0.2, -0.15) is 0 Å². The predicted octanol–water partition coefficient (Wildman–Crippen LogP) is 1.71. The number of carbonyl (C=O) groups is 3. The van der Waals surface area contributed by atoms with Crippen LogP contribution >= 0.6 is 0 Å². The summed E-state index contributed by atoms with van der Waals surface area (Å²) >= 11 is 0. The van der Waals surface area contributed by atoms with Crippen LogP contribution in [-0.4, -0.2) is 40.5 Å². The Bertz CT molecular complexity index is 660. The highest BCUT2D eigenvalue weighted by molar-refractivity contribution is 6.00. The molecule has 0 unspecified atom stereocenters. The third-order valence-electron chi connectivity index (χ3n) is 3.81. The van der Waals surface area contributed by atoms with Gasteiger partial charge in [0.25, 0.3) is 0 Å². The largest absolute Gasteiger partial charge is 0.456 e. The van der Waals surface area contributed by atoms with Crippen molar-refractivity contribution in [1.29, 1.82) is 0 Å². The maximum Gasteiger partial charge on any atom is 0.338 e. The van der Waals surface area contributed by atoms with Crippen molar-refractivity contribution in [3.05, 3.63) is 35.4 Å². The molecule has 1 aromatic rings. The molecule has 0 aliphatic carbocycles. The van der Waals surface area contributed by atoms with E-state index in [0.717, 1.165) is 0 Å². The predicted molar refractivity (Wildman–Crippen MR) is 87.7 cm³/mol. The molecule has 1 aliphatic heterocycles. The van der Waals surface area contributed by atoms with Crippen molar-refractivity contribution in [3.63, 3.8) is 0 Å². The van der Waals surface area contributed by atoms with E-state index in [9.17, 15) is 19.5 Å². The van der Waals surface area contributed by atoms with Crippen LogP contribution in [0, 0.1) is 5.92 Å². The van der Waals surface area contributed by atoms with E-state index in [1.807, 2.05) is 0 Å². The van der Waals surface area contributed by atoms with Crippen molar-refractivity contribution in [3.8, 4) is 0 Å². The summed E-state index contributed by atoms with van der Waals surface area (Å²) in [5.41, 5.74) is 0.0713. The van der Waals surface area contributed by atoms with Crippen molar-refractivity contribution < 1.29 is 24.2 Å². The van der Waals surface area contributed by atoms with Gasteiger partial charge in [0.15, 0.2) is 5.78 Å². The fourth-order valence-corrected chi connectivity index (χ4v) is 2.66. The number of benzene rings is 1. The smallest absolute Gasteiger partial charge is 0.338 e. The number of hydrogen-bond donors (Lipinski definition) is 2. The first kappa shape index (κ1) is 18.1. The van der Waals surface area contributed by atoms with Gasteiger partial charge in [-0.1, -0.05) is 12.1 Å². The lowest BCUT2D eigenvalue weighted by Gasteiger charge is -2.38. The summed E-state index contributed by atoms with van der Waals surface area (Å²) in [6.07, 6.45) is -0.719. The van der Waals surface area contributed by atoms with Gasteiger partial charge in [-0.3, -0.25) is 9.59 Å². The number of amides is 1. The molecule has 3 atom stereocenters. The van der Waals surface area contributed by atoms with Gasteiger partial charge in [0, 0.05) is 12.0 Å². The van der Waals surface area contributed by atoms with E-state index in [-0.39, 0.29) is 24.2 Å². The Morgan fingerprint density at radius 1 is 1.29 bits per heavy atom. The molecule has 2 N–H and O–H groups in total. The van der Waals surface area contributed by atoms with Gasteiger partial charge in [-0.15, -0.1) is 0 Å². The third-order valence-corrected chi connectivity index (χ3v) is 3.81. The van der Waals surface area contributed by atoms with Crippen LogP contribution in [0.3, 0.4) is 0 Å². The quantitative estimate of drug-likeness (QED) is 0.486. The Balaban J connectivity index is 2.07. The zero-order valence-electron chi connectivity index (χ0n) is 14.3. The third kappa shape index (κ3) is 4.20. The first-order valence-corrected chi connectivity index (χ1v) is 7.93. The second-order valence-corrected chi connectivity index (χ2v) is 7.09. The lowest BCUT2D eigenvalue weighted by atomic mass is 9.82. The van der Waals surface area contributed by atoms with Crippen LogP contribution in [0.15, 0.2) is 24.3 Å². The molecule has 0 aromatic heterocycles. The highest BCUT2D eigenvalue weighted by Gasteiger charge is 2.43. The molecule has 6 nitrogen and oxygen atoms in total. The molecule has 0 saturated carbocycles. The summed E-state index contributed by atoms with van der Waals surface area (Å²) in [5.74, 6) is -1.50. The summed E-state index contributed by atoms with van der Waals surface area (Å²) < 4.78 is 5.29. The molecule has 1 aromatic carbocycles. The lowest BCUT2D eigenvalue weighted by molar-refractivity contribution is -0.140. The molecule has 24 heavy (non-hydrogen) atoms. The van der Waals surface area contributed by atoms with Crippen LogP contribution in [0.1, 0.15) is 54.8 Å². The zero-order valence-corrected chi connectivity index (χ0v) is 14.3. The summed E-state index contributed by atoms with van der Waals surface area (Å²) in [6.45, 7) is 6.85. The zero-order chi connectivity index (χ0) is 18.1. The molecule has 6 heteroatoms. The molecule has 0 radical (unpaired) electrons. The highest BCUT2D eigenvalue weighted by Crippen LogP contribution is 2.24. The van der Waals surface area contributed by atoms with Crippen molar-refractivity contribution >= 4 is 17.7 Å². The fourth-order valence-electron chi connectivity index (χ4n) is 2.66. The average Bonchev–Trinajstić information content (AvgIpc) is 2.44. The number of rotatable bonds is 5. The monoisotopic (exact) mass is 333 g/mol. The maximum atomic E-state index is 12.4. The van der Waals surface area contributed by atoms with Crippen molar-refractivity contribution in [2.24, 2.45) is 5.92 Å². The number of carbonyl (C=O) groups excluding carboxylic acids is 3. The highest BCUT2D eigenvalue weighted by atomic mass is 16.6. The van der Waals surface area contributed by atoms with E-state index in [0.29, 0.717) is 11.1 Å². The molecular weight excluding hydrogens is 310 g/mol. The van der Waals surface area contributed by atoms with Gasteiger partial charge >= 0.3 is 5.97 Å². The van der Waals surface area contributed by atoms with Gasteiger partial charge in [0.05, 0.1) is 23.6 Å². The second-order valence-electron chi connectivity index (χ2n) is 7.09. The van der Waals surface area contributed by atoms with Crippen LogP contribution in [0.5, 0.6) is 0 Å². The summed E-state index contributed by atoms with van der Waals surface area (Å²) in [5, 5.41) is 12.2. The molecule has 1 saturated heterocycles. The summed E-state index contributed by atoms with van der Waals surface area (Å²) in [4.78, 5) is 35.9. The second kappa shape index (κ2) is 6.73. The number of aliphatic hydroxyl groups excluding tert-OH is 1. The van der Waals surface area contributed by atoms with Gasteiger partial charge in [0.1, 0.15) is 5.60 Å². The van der Waals surface area contributed by atoms with Crippen molar-refractivity contribution in [2.45, 2.75) is 51.9 Å². The number of ether oxygens (including phenoxy) is 1. The number of ketones is 1. The van der Waals surface area contributed by atoms with Crippen LogP contribution in [-0.2, 0) is 9.53 Å². The molecule has 1 fully saturated rings. The first-order valence-electron chi connectivity index (χ1n) is 7.93. The molecule has 0 bridgehead atoms. The normalized spacial score (nSPS) is 21.5. The van der Waals surface area contributed by atoms with Gasteiger partial charge in [0.2, 0.25) is 5.91 Å². The Hall–Kier alpha value is -2.21. The maximum absolute atomic E-state index is 12.4. The Kier molecular flexibility index (Phi) is 5.08. The van der Waals surface area contributed by atoms with Gasteiger partial charge < -0.3 is 15.2 Å². The summed E-state index contributed by atoms with van der Waals surface area (Å²) in [6, 6.07) is 5.95. The number of β-lactam (4-membered cyclic amide) rings is 1. The van der Waals surface area contributed by atoms with E-state index in [4.69, 9.17) is 4.74 Å². The van der Waals surface area contributed by atoms with E-state index in [1.165, 1.54) is 13.0 Å². The summed E-state index contributed by atoms with van der Waals surface area (Å²) in [7, 11) is 0. The Labute approximate surface area is 141 Å². The molecule has 0 spiro atoms. The van der Waals surface area contributed by atoms with E-state index >= 15 is 0 Å². The number of aliphatic hydroxyl groups is 1. The topological polar surface area (TPSA) is 92.7 Å². The molecule has 130 valence electrons. The minimum absolute atomic E-state index is 0.0824. The molecule has 1 amide bonds. The Morgan fingerprint density at radius 3 is 2.46 bits per heavy atom. The van der Waals surface area contributed by atoms with Crippen LogP contribution in [0.2, 0.25) is 0 Å². The lowest BCUT2D eigenvalue weighted by Crippen LogP contribution is -2.62. The van der Waals surface area contributed by atoms with Crippen LogP contribution in [0.4, 0.5) is 0 Å². The van der Waals surface area contributed by atoms with Gasteiger partial charge in [-0.05, 0) is 39.8 Å². The number of Topliss-reactive ketones (excluding diaryl/α,β-unsaturated/α-hetero) is 1. The standard InChI is InChI=1S/C18H23NO5/c1-10(20)15-13(19-16(15)22)9-14(21)11-6-5-7-12(8-11)17(23)24-18(2,3)4/h5-8,10,13,15,20H,9H2,1-4H3,(H,19,22)/t10-,13-,15-/m1/s1. The average molecular weight is 333 g/mol. The minimum Gasteiger partial charge on any atom is -0.456 e. The Morgan fingerprint density at radius 2 is 1.92 bits per heavy atom. The van der Waals surface area contributed by atoms with E-state index in [1.54, 1.807) is 39.0 Å². The van der Waals surface area contributed by atoms with Crippen molar-refractivity contribution in [2.75, 3.05) is 0 Å². The first-order chi connectivity index (χ1) is 11.1. The van der Waals surface area contributed by atoms with Crippen LogP contribution < -0.4 is 5.32 Å². The van der Waals surface area contributed by atoms with Crippen molar-refractivity contribution in [1.82, 2.24) is 5.32 Å². The molecule has 1 heterocycles. The van der Waals surface area contributed by atoms with Crippen LogP contribution in [0.25, 0.3) is 0 Å². The molecular formula is C18H23NO5. The SMILES string of the molecule is C[C@@H](O)[C@H]1C(=O)N[C@@H]1CC(=O)c1cccc(C(=O)OC(C)(C)C)c1. The van der Waals surface area contributed by atoms with E-state index < -0.39 is 23.6 Å². The number of esters is 1.